The summed E-state index contributed by atoms with van der Waals surface area (Å²) in [6, 6.07) is 8.46. The number of nitrogens with one attached hydrogen (secondary N) is 2. The third kappa shape index (κ3) is 7.02. The standard InChI is InChI=1S/C17H28N2O2/c1-6-13(2)14-7-9-15(10-8-14)18-11-12-19-16(20)21-17(3,4)5/h7-10,13,18H,6,11-12H2,1-5H3,(H,19,20). The van der Waals surface area contributed by atoms with Crippen molar-refractivity contribution < 1.29 is 9.53 Å². The maximum Gasteiger partial charge on any atom is 0.407 e. The van der Waals surface area contributed by atoms with Crippen molar-refractivity contribution in [1.82, 2.24) is 5.32 Å². The summed E-state index contributed by atoms with van der Waals surface area (Å²) in [7, 11) is 0. The molecule has 0 spiro atoms. The zero-order chi connectivity index (χ0) is 15.9. The molecule has 1 aromatic carbocycles. The molecule has 1 aromatic rings. The maximum absolute atomic E-state index is 11.5. The van der Waals surface area contributed by atoms with Gasteiger partial charge in [-0.2, -0.15) is 0 Å². The number of rotatable bonds is 6. The molecule has 0 aliphatic heterocycles. The first-order valence-corrected chi connectivity index (χ1v) is 7.62. The minimum Gasteiger partial charge on any atom is -0.444 e. The lowest BCUT2D eigenvalue weighted by molar-refractivity contribution is 0.0530. The van der Waals surface area contributed by atoms with Crippen molar-refractivity contribution in [1.29, 1.82) is 0 Å². The quantitative estimate of drug-likeness (QED) is 0.775. The molecule has 0 saturated heterocycles. The molecule has 0 radical (unpaired) electrons. The Morgan fingerprint density at radius 2 is 1.81 bits per heavy atom. The molecule has 0 aliphatic rings. The van der Waals surface area contributed by atoms with Crippen LogP contribution < -0.4 is 10.6 Å². The number of carbonyl (C=O) groups is 1. The van der Waals surface area contributed by atoms with Gasteiger partial charge >= 0.3 is 6.09 Å². The average molecular weight is 292 g/mol. The Hall–Kier alpha value is -1.71. The van der Waals surface area contributed by atoms with Crippen molar-refractivity contribution >= 4 is 11.8 Å². The molecule has 21 heavy (non-hydrogen) atoms. The van der Waals surface area contributed by atoms with E-state index in [1.54, 1.807) is 0 Å². The molecule has 1 amide bonds. The van der Waals surface area contributed by atoms with E-state index in [0.717, 1.165) is 12.1 Å². The van der Waals surface area contributed by atoms with Crippen LogP contribution in [-0.2, 0) is 4.74 Å². The van der Waals surface area contributed by atoms with Gasteiger partial charge in [-0.15, -0.1) is 0 Å². The molecule has 0 bridgehead atoms. The Morgan fingerprint density at radius 3 is 2.33 bits per heavy atom. The van der Waals surface area contributed by atoms with Gasteiger partial charge < -0.3 is 15.4 Å². The Kier molecular flexibility index (Phi) is 6.53. The Balaban J connectivity index is 2.28. The molecule has 0 heterocycles. The second kappa shape index (κ2) is 7.91. The Bertz CT molecular complexity index is 435. The predicted octanol–water partition coefficient (Wildman–Crippen LogP) is 4.14. The lowest BCUT2D eigenvalue weighted by Gasteiger charge is -2.19. The fourth-order valence-electron chi connectivity index (χ4n) is 1.85. The van der Waals surface area contributed by atoms with Crippen molar-refractivity contribution in [2.75, 3.05) is 18.4 Å². The highest BCUT2D eigenvalue weighted by atomic mass is 16.6. The highest BCUT2D eigenvalue weighted by Crippen LogP contribution is 2.20. The normalized spacial score (nSPS) is 12.6. The maximum atomic E-state index is 11.5. The van der Waals surface area contributed by atoms with Gasteiger partial charge in [0.25, 0.3) is 0 Å². The second-order valence-electron chi connectivity index (χ2n) is 6.29. The van der Waals surface area contributed by atoms with Gasteiger partial charge in [-0.1, -0.05) is 26.0 Å². The van der Waals surface area contributed by atoms with Gasteiger partial charge in [-0.3, -0.25) is 0 Å². The van der Waals surface area contributed by atoms with E-state index in [2.05, 4.69) is 48.7 Å². The van der Waals surface area contributed by atoms with E-state index < -0.39 is 5.60 Å². The van der Waals surface area contributed by atoms with Gasteiger partial charge in [0.05, 0.1) is 0 Å². The van der Waals surface area contributed by atoms with Crippen LogP contribution in [0.1, 0.15) is 52.5 Å². The summed E-state index contributed by atoms with van der Waals surface area (Å²) in [6.07, 6.45) is 0.767. The van der Waals surface area contributed by atoms with Crippen LogP contribution in [0.25, 0.3) is 0 Å². The summed E-state index contributed by atoms with van der Waals surface area (Å²) in [5.41, 5.74) is 1.96. The summed E-state index contributed by atoms with van der Waals surface area (Å²) in [6.45, 7) is 11.2. The van der Waals surface area contributed by atoms with E-state index in [1.807, 2.05) is 20.8 Å². The highest BCUT2D eigenvalue weighted by molar-refractivity contribution is 5.67. The lowest BCUT2D eigenvalue weighted by atomic mass is 9.99. The van der Waals surface area contributed by atoms with E-state index in [1.165, 1.54) is 5.56 Å². The van der Waals surface area contributed by atoms with Gasteiger partial charge in [0.2, 0.25) is 0 Å². The molecule has 1 rings (SSSR count). The number of amides is 1. The first kappa shape index (κ1) is 17.3. The average Bonchev–Trinajstić information content (AvgIpc) is 2.41. The molecule has 0 saturated carbocycles. The first-order valence-electron chi connectivity index (χ1n) is 7.62. The lowest BCUT2D eigenvalue weighted by Crippen LogP contribution is -2.34. The van der Waals surface area contributed by atoms with E-state index >= 15 is 0 Å². The number of alkyl carbamates (subject to hydrolysis) is 1. The summed E-state index contributed by atoms with van der Waals surface area (Å²) in [5, 5.41) is 6.00. The van der Waals surface area contributed by atoms with Gasteiger partial charge in [-0.25, -0.2) is 4.79 Å². The summed E-state index contributed by atoms with van der Waals surface area (Å²) in [4.78, 5) is 11.5. The van der Waals surface area contributed by atoms with Gasteiger partial charge in [0, 0.05) is 18.8 Å². The molecule has 0 aromatic heterocycles. The zero-order valence-electron chi connectivity index (χ0n) is 13.8. The van der Waals surface area contributed by atoms with E-state index in [4.69, 9.17) is 4.74 Å². The van der Waals surface area contributed by atoms with Crippen LogP contribution in [0.3, 0.4) is 0 Å². The van der Waals surface area contributed by atoms with Gasteiger partial charge in [0.15, 0.2) is 0 Å². The van der Waals surface area contributed by atoms with Crippen LogP contribution in [0.4, 0.5) is 10.5 Å². The molecular formula is C17H28N2O2. The second-order valence-corrected chi connectivity index (χ2v) is 6.29. The summed E-state index contributed by atoms with van der Waals surface area (Å²) < 4.78 is 5.17. The Morgan fingerprint density at radius 1 is 1.19 bits per heavy atom. The SMILES string of the molecule is CCC(C)c1ccc(NCCNC(=O)OC(C)(C)C)cc1. The number of anilines is 1. The Labute approximate surface area is 128 Å². The number of benzene rings is 1. The monoisotopic (exact) mass is 292 g/mol. The van der Waals surface area contributed by atoms with Crippen LogP contribution in [0.15, 0.2) is 24.3 Å². The van der Waals surface area contributed by atoms with Crippen molar-refractivity contribution in [3.8, 4) is 0 Å². The molecule has 2 N–H and O–H groups in total. The minimum atomic E-state index is -0.455. The van der Waals surface area contributed by atoms with Crippen molar-refractivity contribution in [2.24, 2.45) is 0 Å². The predicted molar refractivity (Wildman–Crippen MR) is 87.9 cm³/mol. The summed E-state index contributed by atoms with van der Waals surface area (Å²) >= 11 is 0. The highest BCUT2D eigenvalue weighted by Gasteiger charge is 2.15. The van der Waals surface area contributed by atoms with Gasteiger partial charge in [0.1, 0.15) is 5.60 Å². The number of hydrogen-bond acceptors (Lipinski definition) is 3. The molecule has 1 unspecified atom stereocenters. The third-order valence-corrected chi connectivity index (χ3v) is 3.21. The molecule has 4 heteroatoms. The fraction of sp³-hybridized carbons (Fsp3) is 0.588. The number of ether oxygens (including phenoxy) is 1. The van der Waals surface area contributed by atoms with E-state index in [9.17, 15) is 4.79 Å². The van der Waals surface area contributed by atoms with Crippen LogP contribution in [0, 0.1) is 0 Å². The van der Waals surface area contributed by atoms with Crippen molar-refractivity contribution in [3.63, 3.8) is 0 Å². The van der Waals surface area contributed by atoms with Crippen molar-refractivity contribution in [3.05, 3.63) is 29.8 Å². The molecule has 0 aliphatic carbocycles. The zero-order valence-corrected chi connectivity index (χ0v) is 13.8. The topological polar surface area (TPSA) is 50.4 Å². The third-order valence-electron chi connectivity index (χ3n) is 3.21. The summed E-state index contributed by atoms with van der Waals surface area (Å²) in [5.74, 6) is 0.591. The molecule has 118 valence electrons. The van der Waals surface area contributed by atoms with E-state index in [-0.39, 0.29) is 6.09 Å². The number of hydrogen-bond donors (Lipinski definition) is 2. The molecular weight excluding hydrogens is 264 g/mol. The van der Waals surface area contributed by atoms with Crippen molar-refractivity contribution in [2.45, 2.75) is 52.6 Å². The fourth-order valence-corrected chi connectivity index (χ4v) is 1.85. The van der Waals surface area contributed by atoms with Crippen LogP contribution in [0.2, 0.25) is 0 Å². The molecule has 4 nitrogen and oxygen atoms in total. The minimum absolute atomic E-state index is 0.378. The van der Waals surface area contributed by atoms with Crippen LogP contribution in [0.5, 0.6) is 0 Å². The van der Waals surface area contributed by atoms with Crippen LogP contribution >= 0.6 is 0 Å². The van der Waals surface area contributed by atoms with Crippen LogP contribution in [-0.4, -0.2) is 24.8 Å². The number of carbonyl (C=O) groups excluding carboxylic acids is 1. The molecule has 0 fully saturated rings. The first-order chi connectivity index (χ1) is 9.81. The van der Waals surface area contributed by atoms with Gasteiger partial charge in [-0.05, 0) is 50.8 Å². The smallest absolute Gasteiger partial charge is 0.407 e. The molecule has 1 atom stereocenters. The van der Waals surface area contributed by atoms with E-state index in [0.29, 0.717) is 19.0 Å². The largest absolute Gasteiger partial charge is 0.444 e.